The summed E-state index contributed by atoms with van der Waals surface area (Å²) in [5.41, 5.74) is -1.46. The van der Waals surface area contributed by atoms with Gasteiger partial charge in [-0.25, -0.2) is 14.2 Å². The molecular weight excluding hydrogens is 257 g/mol. The standard InChI is InChI=1S/C11H8FN3O4/c1-6-13-2-3-14(6)10-4-7(11(16)17)9(15(18)19)5-8(10)12/h2-5H,1H3,(H,16,17). The van der Waals surface area contributed by atoms with Crippen LogP contribution >= 0.6 is 0 Å². The number of carboxylic acids is 1. The minimum atomic E-state index is -1.49. The number of rotatable bonds is 3. The fraction of sp³-hybridized carbons (Fsp3) is 0.0909. The second-order valence-electron chi connectivity index (χ2n) is 3.73. The highest BCUT2D eigenvalue weighted by Gasteiger charge is 2.24. The molecule has 0 spiro atoms. The van der Waals surface area contributed by atoms with E-state index in [2.05, 4.69) is 4.98 Å². The molecule has 0 radical (unpaired) electrons. The smallest absolute Gasteiger partial charge is 0.342 e. The third kappa shape index (κ3) is 2.15. The number of hydrogen-bond donors (Lipinski definition) is 1. The number of aromatic nitrogens is 2. The molecule has 0 bridgehead atoms. The first kappa shape index (κ1) is 12.7. The lowest BCUT2D eigenvalue weighted by molar-refractivity contribution is -0.385. The topological polar surface area (TPSA) is 98.3 Å². The van der Waals surface area contributed by atoms with Crippen molar-refractivity contribution in [2.24, 2.45) is 0 Å². The second-order valence-corrected chi connectivity index (χ2v) is 3.73. The summed E-state index contributed by atoms with van der Waals surface area (Å²) in [6, 6.07) is 1.52. The summed E-state index contributed by atoms with van der Waals surface area (Å²) in [4.78, 5) is 24.6. The number of nitro groups is 1. The van der Waals surface area contributed by atoms with Crippen LogP contribution in [-0.2, 0) is 0 Å². The van der Waals surface area contributed by atoms with Gasteiger partial charge in [0, 0.05) is 12.4 Å². The molecule has 8 heteroatoms. The maximum atomic E-state index is 13.9. The summed E-state index contributed by atoms with van der Waals surface area (Å²) in [6.07, 6.45) is 2.85. The van der Waals surface area contributed by atoms with Gasteiger partial charge in [0.15, 0.2) is 5.82 Å². The Morgan fingerprint density at radius 3 is 2.68 bits per heavy atom. The third-order valence-corrected chi connectivity index (χ3v) is 2.58. The first-order valence-electron chi connectivity index (χ1n) is 5.13. The maximum Gasteiger partial charge on any atom is 0.342 e. The molecule has 0 saturated heterocycles. The van der Waals surface area contributed by atoms with Gasteiger partial charge in [-0.2, -0.15) is 0 Å². The van der Waals surface area contributed by atoms with Gasteiger partial charge in [0.2, 0.25) is 0 Å². The maximum absolute atomic E-state index is 13.9. The van der Waals surface area contributed by atoms with Crippen molar-refractivity contribution >= 4 is 11.7 Å². The van der Waals surface area contributed by atoms with Crippen molar-refractivity contribution in [2.75, 3.05) is 0 Å². The van der Waals surface area contributed by atoms with Gasteiger partial charge in [0.05, 0.1) is 16.7 Å². The van der Waals surface area contributed by atoms with Crippen LogP contribution < -0.4 is 0 Å². The molecule has 0 aliphatic carbocycles. The van der Waals surface area contributed by atoms with Crippen molar-refractivity contribution in [2.45, 2.75) is 6.92 Å². The molecule has 1 aromatic carbocycles. The van der Waals surface area contributed by atoms with E-state index in [4.69, 9.17) is 5.11 Å². The molecule has 19 heavy (non-hydrogen) atoms. The quantitative estimate of drug-likeness (QED) is 0.675. The Morgan fingerprint density at radius 1 is 1.53 bits per heavy atom. The lowest BCUT2D eigenvalue weighted by atomic mass is 10.1. The van der Waals surface area contributed by atoms with Crippen molar-refractivity contribution < 1.29 is 19.2 Å². The van der Waals surface area contributed by atoms with Gasteiger partial charge in [0.25, 0.3) is 5.69 Å². The van der Waals surface area contributed by atoms with Gasteiger partial charge in [-0.15, -0.1) is 0 Å². The van der Waals surface area contributed by atoms with E-state index < -0.39 is 28.0 Å². The normalized spacial score (nSPS) is 10.4. The molecule has 0 saturated carbocycles. The molecule has 98 valence electrons. The Balaban J connectivity index is 2.72. The third-order valence-electron chi connectivity index (χ3n) is 2.58. The van der Waals surface area contributed by atoms with Gasteiger partial charge in [-0.1, -0.05) is 0 Å². The van der Waals surface area contributed by atoms with Crippen molar-refractivity contribution in [1.29, 1.82) is 0 Å². The summed E-state index contributed by atoms with van der Waals surface area (Å²) in [6.45, 7) is 1.60. The molecule has 1 aromatic heterocycles. The van der Waals surface area contributed by atoms with E-state index in [9.17, 15) is 19.3 Å². The summed E-state index contributed by atoms with van der Waals surface area (Å²) in [5.74, 6) is -1.95. The van der Waals surface area contributed by atoms with Crippen LogP contribution in [0, 0.1) is 22.9 Å². The number of aryl methyl sites for hydroxylation is 1. The van der Waals surface area contributed by atoms with E-state index in [1.54, 1.807) is 6.92 Å². The minimum Gasteiger partial charge on any atom is -0.477 e. The molecule has 7 nitrogen and oxygen atoms in total. The average molecular weight is 265 g/mol. The summed E-state index contributed by atoms with van der Waals surface area (Å²) >= 11 is 0. The van der Waals surface area contributed by atoms with Crippen LogP contribution in [0.1, 0.15) is 16.2 Å². The first-order valence-corrected chi connectivity index (χ1v) is 5.13. The Kier molecular flexibility index (Phi) is 2.99. The predicted molar refractivity (Wildman–Crippen MR) is 61.9 cm³/mol. The van der Waals surface area contributed by atoms with E-state index in [1.807, 2.05) is 0 Å². The van der Waals surface area contributed by atoms with Crippen LogP contribution in [-0.4, -0.2) is 25.6 Å². The number of halogens is 1. The molecular formula is C11H8FN3O4. The zero-order valence-corrected chi connectivity index (χ0v) is 9.70. The van der Waals surface area contributed by atoms with Crippen LogP contribution in [0.25, 0.3) is 5.69 Å². The molecule has 0 atom stereocenters. The van der Waals surface area contributed by atoms with E-state index >= 15 is 0 Å². The number of hydrogen-bond acceptors (Lipinski definition) is 4. The summed E-state index contributed by atoms with van der Waals surface area (Å²) in [7, 11) is 0. The van der Waals surface area contributed by atoms with Crippen LogP contribution in [0.5, 0.6) is 0 Å². The van der Waals surface area contributed by atoms with E-state index in [-0.39, 0.29) is 5.69 Å². The van der Waals surface area contributed by atoms with Crippen molar-refractivity contribution in [3.8, 4) is 5.69 Å². The highest BCUT2D eigenvalue weighted by Crippen LogP contribution is 2.25. The van der Waals surface area contributed by atoms with Crippen molar-refractivity contribution in [1.82, 2.24) is 9.55 Å². The van der Waals surface area contributed by atoms with Crippen LogP contribution in [0.4, 0.5) is 10.1 Å². The molecule has 1 heterocycles. The Bertz CT molecular complexity index is 681. The highest BCUT2D eigenvalue weighted by atomic mass is 19.1. The fourth-order valence-corrected chi connectivity index (χ4v) is 1.69. The SMILES string of the molecule is Cc1nccn1-c1cc(C(=O)O)c([N+](=O)[O-])cc1F. The Hall–Kier alpha value is -2.77. The number of carboxylic acid groups (broad SMARTS) is 1. The number of nitro benzene ring substituents is 1. The molecule has 2 rings (SSSR count). The Morgan fingerprint density at radius 2 is 2.21 bits per heavy atom. The molecule has 0 amide bonds. The van der Waals surface area contributed by atoms with Gasteiger partial charge in [-0.3, -0.25) is 10.1 Å². The zero-order chi connectivity index (χ0) is 14.2. The lowest BCUT2D eigenvalue weighted by Crippen LogP contribution is -2.07. The number of nitrogens with zero attached hydrogens (tertiary/aromatic N) is 3. The lowest BCUT2D eigenvalue weighted by Gasteiger charge is -2.08. The van der Waals surface area contributed by atoms with E-state index in [1.165, 1.54) is 17.0 Å². The largest absolute Gasteiger partial charge is 0.477 e. The van der Waals surface area contributed by atoms with Crippen molar-refractivity contribution in [3.63, 3.8) is 0 Å². The van der Waals surface area contributed by atoms with Gasteiger partial charge in [0.1, 0.15) is 11.4 Å². The van der Waals surface area contributed by atoms with Gasteiger partial charge in [-0.05, 0) is 13.0 Å². The molecule has 0 aliphatic heterocycles. The number of aromatic carboxylic acids is 1. The van der Waals surface area contributed by atoms with Crippen LogP contribution in [0.2, 0.25) is 0 Å². The minimum absolute atomic E-state index is 0.0991. The van der Waals surface area contributed by atoms with Crippen LogP contribution in [0.15, 0.2) is 24.5 Å². The van der Waals surface area contributed by atoms with Crippen molar-refractivity contribution in [3.05, 3.63) is 51.8 Å². The van der Waals surface area contributed by atoms with E-state index in [0.29, 0.717) is 11.9 Å². The number of imidazole rings is 1. The zero-order valence-electron chi connectivity index (χ0n) is 9.70. The van der Waals surface area contributed by atoms with Crippen LogP contribution in [0.3, 0.4) is 0 Å². The number of carbonyl (C=O) groups is 1. The fourth-order valence-electron chi connectivity index (χ4n) is 1.69. The van der Waals surface area contributed by atoms with E-state index in [0.717, 1.165) is 6.07 Å². The summed E-state index contributed by atoms with van der Waals surface area (Å²) in [5, 5.41) is 19.6. The Labute approximate surface area is 106 Å². The number of benzene rings is 1. The predicted octanol–water partition coefficient (Wildman–Crippen LogP) is 1.93. The molecule has 0 aliphatic rings. The summed E-state index contributed by atoms with van der Waals surface area (Å²) < 4.78 is 15.2. The average Bonchev–Trinajstić information content (AvgIpc) is 2.74. The van der Waals surface area contributed by atoms with Gasteiger partial charge >= 0.3 is 5.97 Å². The monoisotopic (exact) mass is 265 g/mol. The first-order chi connectivity index (χ1) is 8.91. The second kappa shape index (κ2) is 4.48. The molecule has 2 aromatic rings. The molecule has 1 N–H and O–H groups in total. The highest BCUT2D eigenvalue weighted by molar-refractivity contribution is 5.93. The molecule has 0 unspecified atom stereocenters. The molecule has 0 fully saturated rings. The van der Waals surface area contributed by atoms with Gasteiger partial charge < -0.3 is 9.67 Å².